The van der Waals surface area contributed by atoms with Gasteiger partial charge >= 0.3 is 0 Å². The van der Waals surface area contributed by atoms with Crippen LogP contribution in [-0.2, 0) is 0 Å². The molecule has 35 heavy (non-hydrogen) atoms. The number of hydrogen-bond donors (Lipinski definition) is 1. The molecule has 0 amide bonds. The first kappa shape index (κ1) is 23.0. The van der Waals surface area contributed by atoms with Gasteiger partial charge in [0.15, 0.2) is 11.6 Å². The topological polar surface area (TPSA) is 83.2 Å². The Morgan fingerprint density at radius 1 is 1.14 bits per heavy atom. The van der Waals surface area contributed by atoms with Gasteiger partial charge in [-0.1, -0.05) is 0 Å². The molecule has 0 saturated carbocycles. The van der Waals surface area contributed by atoms with E-state index in [4.69, 9.17) is 15.0 Å². The number of ether oxygens (including phenoxy) is 1. The second-order valence-corrected chi connectivity index (χ2v) is 9.06. The fourth-order valence-electron chi connectivity index (χ4n) is 5.10. The van der Waals surface area contributed by atoms with Gasteiger partial charge in [0.25, 0.3) is 5.56 Å². The molecule has 0 spiro atoms. The minimum absolute atomic E-state index is 0.0436. The molecule has 2 aliphatic rings. The molecule has 5 rings (SSSR count). The molecule has 0 radical (unpaired) electrons. The molecule has 2 aromatic carbocycles. The Bertz CT molecular complexity index is 1400. The zero-order valence-electron chi connectivity index (χ0n) is 19.5. The van der Waals surface area contributed by atoms with E-state index in [0.717, 1.165) is 32.6 Å². The average molecular weight is 478 g/mol. The lowest BCUT2D eigenvalue weighted by molar-refractivity contribution is 0.347. The Balaban J connectivity index is 1.70. The highest BCUT2D eigenvalue weighted by Gasteiger charge is 2.34. The Morgan fingerprint density at radius 3 is 2.66 bits per heavy atom. The van der Waals surface area contributed by atoms with Crippen molar-refractivity contribution in [2.75, 3.05) is 38.2 Å². The van der Waals surface area contributed by atoms with Gasteiger partial charge in [0, 0.05) is 24.7 Å². The van der Waals surface area contributed by atoms with Crippen LogP contribution in [-0.4, -0.2) is 42.8 Å². The van der Waals surface area contributed by atoms with Crippen LogP contribution in [0.5, 0.6) is 5.75 Å². The van der Waals surface area contributed by atoms with E-state index in [9.17, 15) is 13.6 Å². The number of fused-ring (bicyclic) bond motifs is 1. The molecule has 3 heterocycles. The number of methoxy groups -OCH3 is 1. The van der Waals surface area contributed by atoms with Crippen molar-refractivity contribution in [2.45, 2.75) is 13.3 Å². The van der Waals surface area contributed by atoms with Crippen molar-refractivity contribution in [1.82, 2.24) is 14.9 Å². The van der Waals surface area contributed by atoms with Crippen molar-refractivity contribution in [2.24, 2.45) is 11.8 Å². The molecule has 2 atom stereocenters. The summed E-state index contributed by atoms with van der Waals surface area (Å²) in [5.74, 6) is 0.501. The molecule has 2 aliphatic heterocycles. The molecule has 2 unspecified atom stereocenters. The van der Waals surface area contributed by atoms with E-state index in [1.165, 1.54) is 35.9 Å². The van der Waals surface area contributed by atoms with Crippen LogP contribution in [0.4, 0.5) is 14.6 Å². The largest absolute Gasteiger partial charge is 0.494 e. The average Bonchev–Trinajstić information content (AvgIpc) is 3.33. The lowest BCUT2D eigenvalue weighted by atomic mass is 9.88. The van der Waals surface area contributed by atoms with Crippen LogP contribution in [0.15, 0.2) is 41.2 Å². The maximum atomic E-state index is 14.6. The molecule has 0 aliphatic carbocycles. The van der Waals surface area contributed by atoms with Gasteiger partial charge in [-0.05, 0) is 68.6 Å². The Kier molecular flexibility index (Phi) is 5.99. The first-order valence-electron chi connectivity index (χ1n) is 11.5. The van der Waals surface area contributed by atoms with Crippen molar-refractivity contribution in [3.63, 3.8) is 0 Å². The minimum Gasteiger partial charge on any atom is -0.494 e. The van der Waals surface area contributed by atoms with Crippen LogP contribution < -0.4 is 20.5 Å². The molecule has 3 aromatic rings. The zero-order valence-corrected chi connectivity index (χ0v) is 19.5. The number of rotatable bonds is 4. The summed E-state index contributed by atoms with van der Waals surface area (Å²) in [7, 11) is 1.36. The summed E-state index contributed by atoms with van der Waals surface area (Å²) in [6.07, 6.45) is 0.992. The summed E-state index contributed by atoms with van der Waals surface area (Å²) >= 11 is 0. The quantitative estimate of drug-likeness (QED) is 0.620. The van der Waals surface area contributed by atoms with Crippen molar-refractivity contribution < 1.29 is 13.5 Å². The van der Waals surface area contributed by atoms with Gasteiger partial charge in [0.1, 0.15) is 23.5 Å². The molecular weight excluding hydrogens is 452 g/mol. The van der Waals surface area contributed by atoms with Gasteiger partial charge in [-0.3, -0.25) is 9.36 Å². The lowest BCUT2D eigenvalue weighted by Gasteiger charge is -2.36. The number of nitrogens with one attached hydrogen (secondary N) is 1. The highest BCUT2D eigenvalue weighted by molar-refractivity contribution is 5.64. The number of piperidine rings is 1. The van der Waals surface area contributed by atoms with Crippen LogP contribution in [0.2, 0.25) is 0 Å². The summed E-state index contributed by atoms with van der Waals surface area (Å²) in [5, 5.41) is 12.6. The van der Waals surface area contributed by atoms with Gasteiger partial charge in [-0.2, -0.15) is 5.26 Å². The third kappa shape index (κ3) is 4.04. The van der Waals surface area contributed by atoms with Crippen molar-refractivity contribution in [1.29, 1.82) is 5.26 Å². The van der Waals surface area contributed by atoms with E-state index in [0.29, 0.717) is 28.8 Å². The summed E-state index contributed by atoms with van der Waals surface area (Å²) < 4.78 is 35.5. The van der Waals surface area contributed by atoms with E-state index in [1.807, 2.05) is 0 Å². The van der Waals surface area contributed by atoms with Crippen LogP contribution in [0.1, 0.15) is 17.5 Å². The van der Waals surface area contributed by atoms with E-state index >= 15 is 0 Å². The highest BCUT2D eigenvalue weighted by Crippen LogP contribution is 2.32. The zero-order chi connectivity index (χ0) is 24.7. The van der Waals surface area contributed by atoms with E-state index in [-0.39, 0.29) is 28.4 Å². The van der Waals surface area contributed by atoms with Crippen molar-refractivity contribution in [3.05, 3.63) is 69.5 Å². The number of anilines is 1. The first-order chi connectivity index (χ1) is 16.9. The van der Waals surface area contributed by atoms with Gasteiger partial charge in [0.05, 0.1) is 23.9 Å². The smallest absolute Gasteiger partial charge is 0.263 e. The van der Waals surface area contributed by atoms with Crippen molar-refractivity contribution >= 4 is 5.82 Å². The standard InChI is InChI=1S/C26H25F2N5O2/c1-15-24(32-8-7-18-12-30-13-19(18)14-32)31-25(16-3-4-17(11-29)21(27)9-16)33(26(15)34)20-5-6-23(35-2)22(28)10-20/h3-6,9-10,18-19,30H,7-8,12-14H2,1-2H3. The maximum absolute atomic E-state index is 14.6. The van der Waals surface area contributed by atoms with Crippen LogP contribution in [0.25, 0.3) is 17.1 Å². The maximum Gasteiger partial charge on any atom is 0.263 e. The number of hydrogen-bond acceptors (Lipinski definition) is 6. The predicted molar refractivity (Wildman–Crippen MR) is 128 cm³/mol. The third-order valence-electron chi connectivity index (χ3n) is 7.03. The van der Waals surface area contributed by atoms with Crippen LogP contribution in [0.3, 0.4) is 0 Å². The molecule has 180 valence electrons. The number of nitriles is 1. The van der Waals surface area contributed by atoms with Crippen LogP contribution >= 0.6 is 0 Å². The summed E-state index contributed by atoms with van der Waals surface area (Å²) in [6.45, 7) is 5.18. The molecule has 1 aromatic heterocycles. The number of nitrogens with zero attached hydrogens (tertiary/aromatic N) is 4. The van der Waals surface area contributed by atoms with Gasteiger partial charge in [0.2, 0.25) is 0 Å². The minimum atomic E-state index is -0.716. The molecule has 0 bridgehead atoms. The second kappa shape index (κ2) is 9.12. The number of halogens is 2. The molecule has 7 nitrogen and oxygen atoms in total. The molecular formula is C26H25F2N5O2. The van der Waals surface area contributed by atoms with Crippen LogP contribution in [0, 0.1) is 41.7 Å². The highest BCUT2D eigenvalue weighted by atomic mass is 19.1. The summed E-state index contributed by atoms with van der Waals surface area (Å²) in [5.41, 5.74) is 0.512. The first-order valence-corrected chi connectivity index (χ1v) is 11.5. The Morgan fingerprint density at radius 2 is 1.94 bits per heavy atom. The summed E-state index contributed by atoms with van der Waals surface area (Å²) in [4.78, 5) is 20.7. The number of benzene rings is 2. The predicted octanol–water partition coefficient (Wildman–Crippen LogP) is 3.41. The second-order valence-electron chi connectivity index (χ2n) is 9.06. The molecule has 9 heteroatoms. The monoisotopic (exact) mass is 477 g/mol. The molecule has 1 N–H and O–H groups in total. The Labute approximate surface area is 201 Å². The van der Waals surface area contributed by atoms with E-state index in [2.05, 4.69) is 10.2 Å². The SMILES string of the molecule is COc1ccc(-n2c(-c3ccc(C#N)c(F)c3)nc(N3CCC4CNCC4C3)c(C)c2=O)cc1F. The lowest BCUT2D eigenvalue weighted by Crippen LogP contribution is -2.42. The van der Waals surface area contributed by atoms with Crippen molar-refractivity contribution in [3.8, 4) is 28.9 Å². The fourth-order valence-corrected chi connectivity index (χ4v) is 5.10. The third-order valence-corrected chi connectivity index (χ3v) is 7.03. The van der Waals surface area contributed by atoms with Gasteiger partial charge in [-0.15, -0.1) is 0 Å². The summed E-state index contributed by atoms with van der Waals surface area (Å²) in [6, 6.07) is 10.1. The normalized spacial score (nSPS) is 19.3. The fraction of sp³-hybridized carbons (Fsp3) is 0.346. The molecule has 2 fully saturated rings. The Hall–Kier alpha value is -3.77. The van der Waals surface area contributed by atoms with E-state index < -0.39 is 11.6 Å². The van der Waals surface area contributed by atoms with E-state index in [1.54, 1.807) is 25.1 Å². The molecule has 2 saturated heterocycles. The van der Waals surface area contributed by atoms with Gasteiger partial charge in [-0.25, -0.2) is 13.8 Å². The number of aromatic nitrogens is 2. The van der Waals surface area contributed by atoms with Gasteiger partial charge < -0.3 is 15.0 Å².